The van der Waals surface area contributed by atoms with Gasteiger partial charge in [0.2, 0.25) is 0 Å². The third-order valence-corrected chi connectivity index (χ3v) is 4.89. The minimum absolute atomic E-state index is 0.0897. The molecule has 3 aromatic rings. The summed E-state index contributed by atoms with van der Waals surface area (Å²) in [5.74, 6) is 0. The zero-order valence-corrected chi connectivity index (χ0v) is 14.5. The van der Waals surface area contributed by atoms with Gasteiger partial charge in [-0.3, -0.25) is 9.78 Å². The van der Waals surface area contributed by atoms with E-state index in [-0.39, 0.29) is 5.43 Å². The maximum atomic E-state index is 12.4. The van der Waals surface area contributed by atoms with Crippen LogP contribution in [0.5, 0.6) is 0 Å². The van der Waals surface area contributed by atoms with Gasteiger partial charge in [-0.25, -0.2) is 0 Å². The number of thiazole rings is 1. The highest BCUT2D eigenvalue weighted by Crippen LogP contribution is 2.17. The van der Waals surface area contributed by atoms with Gasteiger partial charge in [-0.1, -0.05) is 12.1 Å². The Kier molecular flexibility index (Phi) is 4.59. The minimum atomic E-state index is 0.0897. The lowest BCUT2D eigenvalue weighted by Gasteiger charge is -2.14. The molecule has 5 heteroatoms. The number of aromatic amines is 1. The first-order valence-electron chi connectivity index (χ1n) is 7.77. The quantitative estimate of drug-likeness (QED) is 0.756. The highest BCUT2D eigenvalue weighted by atomic mass is 32.1. The van der Waals surface area contributed by atoms with Crippen LogP contribution in [-0.2, 0) is 13.0 Å². The van der Waals surface area contributed by atoms with Gasteiger partial charge >= 0.3 is 0 Å². The Morgan fingerprint density at radius 2 is 2.09 bits per heavy atom. The van der Waals surface area contributed by atoms with Gasteiger partial charge in [-0.05, 0) is 38.3 Å². The number of hydrogen-bond donors (Lipinski definition) is 2. The molecule has 23 heavy (non-hydrogen) atoms. The van der Waals surface area contributed by atoms with Crippen molar-refractivity contribution in [3.63, 3.8) is 0 Å². The highest BCUT2D eigenvalue weighted by molar-refractivity contribution is 7.09. The lowest BCUT2D eigenvalue weighted by atomic mass is 10.0. The van der Waals surface area contributed by atoms with Crippen molar-refractivity contribution >= 4 is 22.2 Å². The first-order chi connectivity index (χ1) is 11.0. The maximum absolute atomic E-state index is 12.4. The maximum Gasteiger partial charge on any atom is 0.189 e. The van der Waals surface area contributed by atoms with E-state index in [4.69, 9.17) is 0 Å². The molecule has 0 radical (unpaired) electrons. The summed E-state index contributed by atoms with van der Waals surface area (Å²) in [6.45, 7) is 6.81. The number of benzene rings is 1. The molecule has 0 saturated heterocycles. The Hall–Kier alpha value is -1.98. The molecule has 2 heterocycles. The minimum Gasteiger partial charge on any atom is -0.357 e. The zero-order chi connectivity index (χ0) is 16.4. The molecular weight excluding hydrogens is 306 g/mol. The van der Waals surface area contributed by atoms with Crippen molar-refractivity contribution in [3.8, 4) is 0 Å². The van der Waals surface area contributed by atoms with Gasteiger partial charge in [0.15, 0.2) is 5.43 Å². The fraction of sp³-hybridized carbons (Fsp3) is 0.333. The van der Waals surface area contributed by atoms with Gasteiger partial charge in [0.05, 0.1) is 11.0 Å². The Balaban J connectivity index is 1.78. The number of nitrogens with one attached hydrogen (secondary N) is 2. The number of nitrogens with zero attached hydrogens (tertiary/aromatic N) is 1. The number of pyridine rings is 1. The molecule has 1 aromatic carbocycles. The second-order valence-electron chi connectivity index (χ2n) is 6.06. The first-order valence-corrected chi connectivity index (χ1v) is 8.65. The van der Waals surface area contributed by atoms with Crippen molar-refractivity contribution in [3.05, 3.63) is 61.8 Å². The number of hydrogen-bond acceptors (Lipinski definition) is 4. The molecule has 1 atom stereocenters. The number of H-pyrrole nitrogens is 1. The predicted molar refractivity (Wildman–Crippen MR) is 96.2 cm³/mol. The molecular formula is C18H21N3OS. The van der Waals surface area contributed by atoms with Crippen molar-refractivity contribution in [2.75, 3.05) is 0 Å². The SMILES string of the molecule is Cc1ccc(C)c2c(=O)cc(CN[C@H](C)Cc3cncs3)[nH]c12. The third-order valence-electron chi connectivity index (χ3n) is 4.09. The summed E-state index contributed by atoms with van der Waals surface area (Å²) >= 11 is 1.67. The van der Waals surface area contributed by atoms with Gasteiger partial charge < -0.3 is 10.3 Å². The fourth-order valence-electron chi connectivity index (χ4n) is 2.81. The van der Waals surface area contributed by atoms with Crippen molar-refractivity contribution < 1.29 is 0 Å². The lowest BCUT2D eigenvalue weighted by Crippen LogP contribution is -2.28. The molecule has 120 valence electrons. The van der Waals surface area contributed by atoms with E-state index in [2.05, 4.69) is 28.3 Å². The number of fused-ring (bicyclic) bond motifs is 1. The van der Waals surface area contributed by atoms with Gasteiger partial charge in [-0.15, -0.1) is 11.3 Å². The Labute approximate surface area is 139 Å². The Morgan fingerprint density at radius 1 is 1.30 bits per heavy atom. The Bertz CT molecular complexity index is 868. The van der Waals surface area contributed by atoms with Gasteiger partial charge in [0.1, 0.15) is 0 Å². The van der Waals surface area contributed by atoms with Gasteiger partial charge in [0, 0.05) is 40.8 Å². The molecule has 0 spiro atoms. The van der Waals surface area contributed by atoms with E-state index in [0.29, 0.717) is 12.6 Å². The average molecular weight is 327 g/mol. The second-order valence-corrected chi connectivity index (χ2v) is 7.03. The van der Waals surface area contributed by atoms with Crippen LogP contribution in [0.1, 0.15) is 28.6 Å². The first kappa shape index (κ1) is 15.9. The fourth-order valence-corrected chi connectivity index (χ4v) is 3.54. The smallest absolute Gasteiger partial charge is 0.189 e. The molecule has 2 N–H and O–H groups in total. The molecule has 0 unspecified atom stereocenters. The molecule has 0 aliphatic heterocycles. The van der Waals surface area contributed by atoms with Crippen LogP contribution in [0.25, 0.3) is 10.9 Å². The molecule has 3 rings (SSSR count). The van der Waals surface area contributed by atoms with Crippen LogP contribution in [0.4, 0.5) is 0 Å². The van der Waals surface area contributed by atoms with Crippen LogP contribution < -0.4 is 10.7 Å². The summed E-state index contributed by atoms with van der Waals surface area (Å²) in [6.07, 6.45) is 2.85. The molecule has 0 fully saturated rings. The number of rotatable bonds is 5. The van der Waals surface area contributed by atoms with E-state index in [1.54, 1.807) is 17.4 Å². The molecule has 4 nitrogen and oxygen atoms in total. The number of aryl methyl sites for hydroxylation is 2. The van der Waals surface area contributed by atoms with E-state index in [1.807, 2.05) is 31.6 Å². The average Bonchev–Trinajstić information content (AvgIpc) is 3.01. The topological polar surface area (TPSA) is 57.8 Å². The standard InChI is InChI=1S/C18H21N3OS/c1-11-4-5-12(2)18-17(11)16(22)7-14(21-18)8-20-13(3)6-15-9-19-10-23-15/h4-5,7,9-10,13,20H,6,8H2,1-3H3,(H,21,22)/t13-/m1/s1. The molecule has 0 aliphatic carbocycles. The monoisotopic (exact) mass is 327 g/mol. The van der Waals surface area contributed by atoms with Gasteiger partial charge in [-0.2, -0.15) is 0 Å². The summed E-state index contributed by atoms with van der Waals surface area (Å²) < 4.78 is 0. The molecule has 0 saturated carbocycles. The zero-order valence-electron chi connectivity index (χ0n) is 13.6. The van der Waals surface area contributed by atoms with Crippen LogP contribution in [0.15, 0.2) is 34.7 Å². The number of aromatic nitrogens is 2. The largest absolute Gasteiger partial charge is 0.357 e. The third kappa shape index (κ3) is 3.51. The highest BCUT2D eigenvalue weighted by Gasteiger charge is 2.09. The summed E-state index contributed by atoms with van der Waals surface area (Å²) in [5.41, 5.74) is 5.93. The lowest BCUT2D eigenvalue weighted by molar-refractivity contribution is 0.543. The van der Waals surface area contributed by atoms with Crippen LogP contribution in [-0.4, -0.2) is 16.0 Å². The van der Waals surface area contributed by atoms with Crippen LogP contribution in [0, 0.1) is 13.8 Å². The molecule has 0 bridgehead atoms. The van der Waals surface area contributed by atoms with E-state index in [9.17, 15) is 4.79 Å². The van der Waals surface area contributed by atoms with Gasteiger partial charge in [0.25, 0.3) is 0 Å². The van der Waals surface area contributed by atoms with E-state index in [1.165, 1.54) is 4.88 Å². The second kappa shape index (κ2) is 6.64. The normalized spacial score (nSPS) is 12.7. The Morgan fingerprint density at radius 3 is 2.83 bits per heavy atom. The van der Waals surface area contributed by atoms with Crippen LogP contribution in [0.2, 0.25) is 0 Å². The summed E-state index contributed by atoms with van der Waals surface area (Å²) in [4.78, 5) is 21.2. The van der Waals surface area contributed by atoms with Crippen molar-refractivity contribution in [2.24, 2.45) is 0 Å². The van der Waals surface area contributed by atoms with E-state index in [0.717, 1.165) is 34.1 Å². The van der Waals surface area contributed by atoms with Crippen LogP contribution >= 0.6 is 11.3 Å². The summed E-state index contributed by atoms with van der Waals surface area (Å²) in [6, 6.07) is 6.09. The molecule has 2 aromatic heterocycles. The van der Waals surface area contributed by atoms with Crippen LogP contribution in [0.3, 0.4) is 0 Å². The molecule has 0 amide bonds. The van der Waals surface area contributed by atoms with E-state index >= 15 is 0 Å². The van der Waals surface area contributed by atoms with E-state index < -0.39 is 0 Å². The molecule has 0 aliphatic rings. The van der Waals surface area contributed by atoms with Crippen molar-refractivity contribution in [1.82, 2.24) is 15.3 Å². The predicted octanol–water partition coefficient (Wildman–Crippen LogP) is 3.32. The summed E-state index contributed by atoms with van der Waals surface area (Å²) in [7, 11) is 0. The van der Waals surface area contributed by atoms with Crippen molar-refractivity contribution in [1.29, 1.82) is 0 Å². The summed E-state index contributed by atoms with van der Waals surface area (Å²) in [5, 5.41) is 4.27. The van der Waals surface area contributed by atoms with Crippen molar-refractivity contribution in [2.45, 2.75) is 39.8 Å².